The van der Waals surface area contributed by atoms with Gasteiger partial charge in [0.25, 0.3) is 0 Å². The number of hydrogen-bond acceptors (Lipinski definition) is 1. The molecule has 0 aliphatic rings. The molecule has 11 heavy (non-hydrogen) atoms. The van der Waals surface area contributed by atoms with Crippen LogP contribution in [0.5, 0.6) is 0 Å². The van der Waals surface area contributed by atoms with Gasteiger partial charge in [0.1, 0.15) is 0 Å². The first-order chi connectivity index (χ1) is 5.29. The molecule has 0 radical (unpaired) electrons. The maximum Gasteiger partial charge on any atom is 0.303 e. The molecule has 0 saturated heterocycles. The lowest BCUT2D eigenvalue weighted by Crippen LogP contribution is -1.99. The number of aliphatic carboxylic acids is 1. The zero-order valence-electron chi connectivity index (χ0n) is 6.23. The minimum atomic E-state index is -0.725. The Morgan fingerprint density at radius 3 is 2.55 bits per heavy atom. The minimum absolute atomic E-state index is 0.248. The predicted octanol–water partition coefficient (Wildman–Crippen LogP) is 1.35. The van der Waals surface area contributed by atoms with Crippen molar-refractivity contribution in [3.05, 3.63) is 24.5 Å². The van der Waals surface area contributed by atoms with Gasteiger partial charge in [-0.25, -0.2) is 0 Å². The molecule has 0 spiro atoms. The van der Waals surface area contributed by atoms with E-state index in [4.69, 9.17) is 5.11 Å². The first-order valence-electron chi connectivity index (χ1n) is 3.61. The molecule has 0 amide bonds. The molecule has 0 fully saturated rings. The fraction of sp³-hybridized carbons (Fsp3) is 0.375. The number of nitrogens with zero attached hydrogens (tertiary/aromatic N) is 1. The lowest BCUT2D eigenvalue weighted by molar-refractivity contribution is -0.137. The van der Waals surface area contributed by atoms with E-state index in [1.54, 1.807) is 0 Å². The fourth-order valence-electron chi connectivity index (χ4n) is 0.932. The van der Waals surface area contributed by atoms with Gasteiger partial charge in [0.05, 0.1) is 0 Å². The molecule has 0 atom stereocenters. The zero-order chi connectivity index (χ0) is 8.10. The van der Waals surface area contributed by atoms with Gasteiger partial charge in [-0.05, 0) is 18.6 Å². The van der Waals surface area contributed by atoms with Gasteiger partial charge >= 0.3 is 5.97 Å². The van der Waals surface area contributed by atoms with Gasteiger partial charge in [0.2, 0.25) is 0 Å². The maximum absolute atomic E-state index is 10.1. The van der Waals surface area contributed by atoms with E-state index in [9.17, 15) is 4.79 Å². The van der Waals surface area contributed by atoms with Crippen molar-refractivity contribution in [2.24, 2.45) is 0 Å². The third kappa shape index (κ3) is 2.89. The highest BCUT2D eigenvalue weighted by molar-refractivity contribution is 5.66. The van der Waals surface area contributed by atoms with Crippen molar-refractivity contribution in [3.63, 3.8) is 0 Å². The second kappa shape index (κ2) is 3.81. The smallest absolute Gasteiger partial charge is 0.303 e. The molecule has 60 valence electrons. The van der Waals surface area contributed by atoms with Crippen molar-refractivity contribution in [2.75, 3.05) is 0 Å². The number of aryl methyl sites for hydroxylation is 1. The van der Waals surface area contributed by atoms with Crippen LogP contribution in [0.15, 0.2) is 24.5 Å². The highest BCUT2D eigenvalue weighted by Gasteiger charge is 1.95. The van der Waals surface area contributed by atoms with Crippen LogP contribution in [0.25, 0.3) is 0 Å². The number of hydrogen-bond donors (Lipinski definition) is 1. The summed E-state index contributed by atoms with van der Waals surface area (Å²) in [5.74, 6) is -0.725. The number of carboxylic acid groups (broad SMARTS) is 1. The van der Waals surface area contributed by atoms with Crippen molar-refractivity contribution < 1.29 is 9.90 Å². The van der Waals surface area contributed by atoms with Crippen LogP contribution in [0.4, 0.5) is 0 Å². The van der Waals surface area contributed by atoms with Crippen molar-refractivity contribution >= 4 is 5.97 Å². The van der Waals surface area contributed by atoms with E-state index < -0.39 is 5.97 Å². The molecule has 1 N–H and O–H groups in total. The largest absolute Gasteiger partial charge is 0.481 e. The average Bonchev–Trinajstić information content (AvgIpc) is 2.39. The van der Waals surface area contributed by atoms with Gasteiger partial charge in [0, 0.05) is 25.4 Å². The van der Waals surface area contributed by atoms with Gasteiger partial charge in [-0.15, -0.1) is 0 Å². The van der Waals surface area contributed by atoms with Crippen LogP contribution < -0.4 is 0 Å². The van der Waals surface area contributed by atoms with Crippen LogP contribution in [0.1, 0.15) is 12.8 Å². The molecule has 1 aromatic rings. The Bertz CT molecular complexity index is 216. The highest BCUT2D eigenvalue weighted by Crippen LogP contribution is 1.96. The quantitative estimate of drug-likeness (QED) is 0.709. The van der Waals surface area contributed by atoms with Gasteiger partial charge in [-0.2, -0.15) is 0 Å². The molecule has 3 heteroatoms. The molecule has 1 heterocycles. The van der Waals surface area contributed by atoms with Crippen LogP contribution >= 0.6 is 0 Å². The van der Waals surface area contributed by atoms with Gasteiger partial charge in [-0.1, -0.05) is 0 Å². The van der Waals surface area contributed by atoms with Crippen molar-refractivity contribution in [2.45, 2.75) is 19.4 Å². The lowest BCUT2D eigenvalue weighted by Gasteiger charge is -1.98. The summed E-state index contributed by atoms with van der Waals surface area (Å²) in [6.07, 6.45) is 4.81. The Hall–Kier alpha value is -1.25. The summed E-state index contributed by atoms with van der Waals surface area (Å²) >= 11 is 0. The Kier molecular flexibility index (Phi) is 2.72. The Morgan fingerprint density at radius 2 is 2.00 bits per heavy atom. The number of carboxylic acids is 1. The molecule has 0 aliphatic heterocycles. The van der Waals surface area contributed by atoms with Crippen LogP contribution in [0.3, 0.4) is 0 Å². The third-order valence-corrected chi connectivity index (χ3v) is 1.47. The summed E-state index contributed by atoms with van der Waals surface area (Å²) in [5, 5.41) is 8.33. The van der Waals surface area contributed by atoms with Crippen LogP contribution in [0.2, 0.25) is 0 Å². The zero-order valence-corrected chi connectivity index (χ0v) is 6.23. The molecular formula is C8H11NO2. The van der Waals surface area contributed by atoms with E-state index in [-0.39, 0.29) is 6.42 Å². The molecule has 1 aromatic heterocycles. The summed E-state index contributed by atoms with van der Waals surface area (Å²) in [6.45, 7) is 0.791. The second-order valence-corrected chi connectivity index (χ2v) is 2.42. The van der Waals surface area contributed by atoms with E-state index in [1.165, 1.54) is 0 Å². The van der Waals surface area contributed by atoms with Crippen molar-refractivity contribution in [1.29, 1.82) is 0 Å². The standard InChI is InChI=1S/C8H11NO2/c10-8(11)4-3-7-9-5-1-2-6-9/h1-2,5-6H,3-4,7H2,(H,10,11). The Morgan fingerprint density at radius 1 is 1.36 bits per heavy atom. The normalized spacial score (nSPS) is 9.82. The topological polar surface area (TPSA) is 42.2 Å². The highest BCUT2D eigenvalue weighted by atomic mass is 16.4. The number of rotatable bonds is 4. The van der Waals surface area contributed by atoms with E-state index in [2.05, 4.69) is 0 Å². The lowest BCUT2D eigenvalue weighted by atomic mass is 10.3. The summed E-state index contributed by atoms with van der Waals surface area (Å²) in [5.41, 5.74) is 0. The Balaban J connectivity index is 2.19. The van der Waals surface area contributed by atoms with Crippen LogP contribution in [-0.4, -0.2) is 15.6 Å². The molecule has 0 aliphatic carbocycles. The third-order valence-electron chi connectivity index (χ3n) is 1.47. The van der Waals surface area contributed by atoms with Gasteiger partial charge in [-0.3, -0.25) is 4.79 Å². The first kappa shape index (κ1) is 7.85. The molecule has 0 saturated carbocycles. The minimum Gasteiger partial charge on any atom is -0.481 e. The van der Waals surface area contributed by atoms with E-state index in [1.807, 2.05) is 29.1 Å². The van der Waals surface area contributed by atoms with Gasteiger partial charge < -0.3 is 9.67 Å². The first-order valence-corrected chi connectivity index (χ1v) is 3.61. The summed E-state index contributed by atoms with van der Waals surface area (Å²) in [4.78, 5) is 10.1. The summed E-state index contributed by atoms with van der Waals surface area (Å²) in [7, 11) is 0. The maximum atomic E-state index is 10.1. The van der Waals surface area contributed by atoms with Gasteiger partial charge in [0.15, 0.2) is 0 Å². The monoisotopic (exact) mass is 153 g/mol. The van der Waals surface area contributed by atoms with Crippen molar-refractivity contribution in [1.82, 2.24) is 4.57 Å². The molecule has 1 rings (SSSR count). The predicted molar refractivity (Wildman–Crippen MR) is 41.3 cm³/mol. The van der Waals surface area contributed by atoms with E-state index in [0.717, 1.165) is 6.54 Å². The summed E-state index contributed by atoms with van der Waals surface area (Å²) in [6, 6.07) is 3.86. The molecular weight excluding hydrogens is 142 g/mol. The SMILES string of the molecule is O=C(O)CCCn1cccc1. The molecule has 0 aromatic carbocycles. The molecule has 3 nitrogen and oxygen atoms in total. The van der Waals surface area contributed by atoms with Crippen LogP contribution in [0, 0.1) is 0 Å². The number of carbonyl (C=O) groups is 1. The number of aromatic nitrogens is 1. The average molecular weight is 153 g/mol. The van der Waals surface area contributed by atoms with Crippen LogP contribution in [-0.2, 0) is 11.3 Å². The Labute approximate surface area is 65.3 Å². The molecule has 0 unspecified atom stereocenters. The fourth-order valence-corrected chi connectivity index (χ4v) is 0.932. The van der Waals surface area contributed by atoms with Crippen molar-refractivity contribution in [3.8, 4) is 0 Å². The van der Waals surface area contributed by atoms with E-state index in [0.29, 0.717) is 6.42 Å². The second-order valence-electron chi connectivity index (χ2n) is 2.42. The molecule has 0 bridgehead atoms. The summed E-state index contributed by atoms with van der Waals surface area (Å²) < 4.78 is 1.98. The van der Waals surface area contributed by atoms with E-state index >= 15 is 0 Å².